The Morgan fingerprint density at radius 2 is 2.00 bits per heavy atom. The fourth-order valence-corrected chi connectivity index (χ4v) is 3.58. The van der Waals surface area contributed by atoms with Gasteiger partial charge in [-0.25, -0.2) is 0 Å². The first-order chi connectivity index (χ1) is 5.83. The number of hydrogen-bond donors (Lipinski definition) is 0. The van der Waals surface area contributed by atoms with Gasteiger partial charge in [-0.15, -0.1) is 0 Å². The van der Waals surface area contributed by atoms with Crippen molar-refractivity contribution in [3.8, 4) is 0 Å². The molecule has 0 unspecified atom stereocenters. The number of unbranched alkanes of at least 4 members (excludes halogenated alkanes) is 1. The van der Waals surface area contributed by atoms with Gasteiger partial charge in [0.05, 0.1) is 0 Å². The molecule has 0 spiro atoms. The summed E-state index contributed by atoms with van der Waals surface area (Å²) in [4.78, 5) is 0. The summed E-state index contributed by atoms with van der Waals surface area (Å²) in [6.45, 7) is 5.26. The lowest BCUT2D eigenvalue weighted by molar-refractivity contribution is 0.339. The van der Waals surface area contributed by atoms with Crippen LogP contribution in [-0.2, 0) is 12.7 Å². The van der Waals surface area contributed by atoms with Gasteiger partial charge >= 0.3 is 0 Å². The van der Waals surface area contributed by atoms with E-state index in [0.717, 1.165) is 27.6 Å². The average molecular weight is 243 g/mol. The molecular weight excluding hydrogens is 220 g/mol. The molecule has 0 aromatic heterocycles. The fraction of sp³-hybridized carbons (Fsp3) is 1.00. The van der Waals surface area contributed by atoms with Crippen LogP contribution in [-0.4, -0.2) is 47.3 Å². The lowest BCUT2D eigenvalue weighted by atomic mass is 10.4. The monoisotopic (exact) mass is 242 g/mol. The lowest BCUT2D eigenvalue weighted by Crippen LogP contribution is -2.02. The van der Waals surface area contributed by atoms with Gasteiger partial charge in [0.1, 0.15) is 30.7 Å². The predicted molar refractivity (Wildman–Crippen MR) is 65.9 cm³/mol. The van der Waals surface area contributed by atoms with Crippen LogP contribution in [0.25, 0.3) is 0 Å². The molecule has 0 aromatic rings. The van der Waals surface area contributed by atoms with Crippen molar-refractivity contribution in [2.45, 2.75) is 26.3 Å². The molecule has 0 saturated carbocycles. The average Bonchev–Trinajstić information content (AvgIpc) is 2.12. The quantitative estimate of drug-likeness (QED) is 0.381. The molecule has 0 radical (unpaired) electrons. The van der Waals surface area contributed by atoms with Crippen LogP contribution in [0.15, 0.2) is 0 Å². The summed E-state index contributed by atoms with van der Waals surface area (Å²) < 4.78 is 14.9. The molecule has 7 heteroatoms. The highest BCUT2D eigenvalue weighted by molar-refractivity contribution is 6.40. The maximum absolute atomic E-state index is 5.07. The van der Waals surface area contributed by atoms with Crippen molar-refractivity contribution in [1.82, 2.24) is 0 Å². The van der Waals surface area contributed by atoms with Crippen molar-refractivity contribution in [2.24, 2.45) is 0 Å². The van der Waals surface area contributed by atoms with Crippen LogP contribution in [0.2, 0.25) is 6.55 Å². The molecule has 12 heavy (non-hydrogen) atoms. The zero-order chi connectivity index (χ0) is 9.66. The molecular formula is C5H22O3Si4. The maximum atomic E-state index is 5.07. The first-order valence-electron chi connectivity index (χ1n) is 4.39. The molecule has 0 rings (SSSR count). The molecule has 76 valence electrons. The maximum Gasteiger partial charge on any atom is 0.282 e. The standard InChI is InChI=1S/C4H12OSi.CH10O2Si3/c1-2-3-4-5-6;1-5-3-6-2-4/h2-4H2,1,6H3;5-6H2,1,4H3. The van der Waals surface area contributed by atoms with Gasteiger partial charge in [-0.05, 0) is 6.42 Å². The van der Waals surface area contributed by atoms with Gasteiger partial charge < -0.3 is 12.7 Å². The van der Waals surface area contributed by atoms with Gasteiger partial charge in [0.2, 0.25) is 0 Å². The highest BCUT2D eigenvalue weighted by Crippen LogP contribution is 1.82. The van der Waals surface area contributed by atoms with Gasteiger partial charge in [-0.3, -0.25) is 0 Å². The van der Waals surface area contributed by atoms with Gasteiger partial charge in [-0.1, -0.05) is 19.9 Å². The first kappa shape index (κ1) is 15.2. The van der Waals surface area contributed by atoms with E-state index in [-0.39, 0.29) is 9.76 Å². The molecule has 0 amide bonds. The summed E-state index contributed by atoms with van der Waals surface area (Å²) in [6.07, 6.45) is 2.48. The predicted octanol–water partition coefficient (Wildman–Crippen LogP) is -2.49. The summed E-state index contributed by atoms with van der Waals surface area (Å²) in [5.74, 6) is 0. The molecule has 0 bridgehead atoms. The summed E-state index contributed by atoms with van der Waals surface area (Å²) in [5.41, 5.74) is 0. The van der Waals surface area contributed by atoms with E-state index in [4.69, 9.17) is 12.7 Å². The lowest BCUT2D eigenvalue weighted by Gasteiger charge is -1.93. The summed E-state index contributed by atoms with van der Waals surface area (Å²) >= 11 is 0. The van der Waals surface area contributed by atoms with Crippen molar-refractivity contribution in [3.05, 3.63) is 0 Å². The van der Waals surface area contributed by atoms with Crippen LogP contribution in [0, 0.1) is 0 Å². The Bertz CT molecular complexity index is 50.7. The molecule has 0 atom stereocenters. The van der Waals surface area contributed by atoms with E-state index in [1.54, 1.807) is 0 Å². The summed E-state index contributed by atoms with van der Waals surface area (Å²) in [6, 6.07) is 0. The Kier molecular flexibility index (Phi) is 22.5. The molecule has 0 N–H and O–H groups in total. The Hall–Kier alpha value is 0.748. The number of hydrogen-bond acceptors (Lipinski definition) is 3. The Labute approximate surface area is 86.7 Å². The largest absolute Gasteiger partial charge is 0.449 e. The highest BCUT2D eigenvalue weighted by atomic mass is 28.3. The molecule has 0 aromatic carbocycles. The zero-order valence-corrected chi connectivity index (χ0v) is 15.6. The van der Waals surface area contributed by atoms with Crippen molar-refractivity contribution < 1.29 is 12.7 Å². The first-order valence-corrected chi connectivity index (χ1v) is 9.16. The van der Waals surface area contributed by atoms with Gasteiger partial charge in [-0.2, -0.15) is 0 Å². The van der Waals surface area contributed by atoms with Gasteiger partial charge in [0, 0.05) is 6.61 Å². The fourth-order valence-electron chi connectivity index (χ4n) is 0.455. The molecule has 0 aliphatic carbocycles. The van der Waals surface area contributed by atoms with Crippen LogP contribution >= 0.6 is 0 Å². The third-order valence-corrected chi connectivity index (χ3v) is 4.76. The second-order valence-corrected chi connectivity index (χ2v) is 7.58. The smallest absolute Gasteiger partial charge is 0.282 e. The second kappa shape index (κ2) is 17.7. The summed E-state index contributed by atoms with van der Waals surface area (Å²) in [5, 5.41) is 0. The van der Waals surface area contributed by atoms with Gasteiger partial charge in [0.15, 0.2) is 0 Å². The minimum Gasteiger partial charge on any atom is -0.449 e. The van der Waals surface area contributed by atoms with E-state index >= 15 is 0 Å². The third kappa shape index (κ3) is 22.4. The number of rotatable bonds is 6. The normalized spacial score (nSPS) is 11.5. The van der Waals surface area contributed by atoms with Crippen molar-refractivity contribution in [2.75, 3.05) is 6.61 Å². The topological polar surface area (TPSA) is 27.7 Å². The van der Waals surface area contributed by atoms with Crippen LogP contribution < -0.4 is 0 Å². The third-order valence-electron chi connectivity index (χ3n) is 1.11. The molecule has 0 saturated heterocycles. The molecule has 3 nitrogen and oxygen atoms in total. The van der Waals surface area contributed by atoms with Crippen molar-refractivity contribution in [1.29, 1.82) is 0 Å². The summed E-state index contributed by atoms with van der Waals surface area (Å²) in [7, 11) is 1.17. The van der Waals surface area contributed by atoms with Crippen molar-refractivity contribution >= 4 is 40.7 Å². The Morgan fingerprint density at radius 1 is 1.33 bits per heavy atom. The van der Waals surface area contributed by atoms with Crippen LogP contribution in [0.1, 0.15) is 19.8 Å². The zero-order valence-electron chi connectivity index (χ0n) is 8.76. The molecule has 0 aliphatic rings. The van der Waals surface area contributed by atoms with E-state index in [1.807, 2.05) is 0 Å². The molecule has 0 heterocycles. The molecule has 0 fully saturated rings. The van der Waals surface area contributed by atoms with Gasteiger partial charge in [0.25, 0.3) is 10.0 Å². The van der Waals surface area contributed by atoms with Crippen LogP contribution in [0.5, 0.6) is 0 Å². The van der Waals surface area contributed by atoms with E-state index in [0.29, 0.717) is 0 Å². The highest BCUT2D eigenvalue weighted by Gasteiger charge is 1.75. The molecule has 0 aliphatic heterocycles. The van der Waals surface area contributed by atoms with Crippen molar-refractivity contribution in [3.63, 3.8) is 0 Å². The SMILES string of the molecule is CCCCO[SiH3].C[SiH2]O[SiH2]O[SiH3]. The minimum absolute atomic E-state index is 0.138. The Balaban J connectivity index is 0. The van der Waals surface area contributed by atoms with E-state index < -0.39 is 10.0 Å². The van der Waals surface area contributed by atoms with Crippen LogP contribution in [0.3, 0.4) is 0 Å². The Morgan fingerprint density at radius 3 is 2.17 bits per heavy atom. The van der Waals surface area contributed by atoms with E-state index in [1.165, 1.54) is 12.8 Å². The minimum atomic E-state index is -0.455. The second-order valence-electron chi connectivity index (χ2n) is 2.25. The van der Waals surface area contributed by atoms with E-state index in [2.05, 4.69) is 13.5 Å². The van der Waals surface area contributed by atoms with E-state index in [9.17, 15) is 0 Å². The van der Waals surface area contributed by atoms with Crippen LogP contribution in [0.4, 0.5) is 0 Å².